The minimum Gasteiger partial charge on any atom is -0.481 e. The molecule has 0 radical (unpaired) electrons. The molecule has 2 aromatic heterocycles. The normalized spacial score (nSPS) is 11.4. The van der Waals surface area contributed by atoms with Crippen LogP contribution in [0.5, 0.6) is 5.88 Å². The van der Waals surface area contributed by atoms with Crippen LogP contribution in [0.2, 0.25) is 0 Å². The number of aromatic amines is 1. The Morgan fingerprint density at radius 2 is 2.16 bits per heavy atom. The van der Waals surface area contributed by atoms with Crippen LogP contribution < -0.4 is 4.74 Å². The van der Waals surface area contributed by atoms with Gasteiger partial charge >= 0.3 is 0 Å². The lowest BCUT2D eigenvalue weighted by Gasteiger charge is -2.06. The third kappa shape index (κ3) is 3.35. The highest BCUT2D eigenvalue weighted by Gasteiger charge is 2.07. The molecule has 5 heteroatoms. The van der Waals surface area contributed by atoms with Crippen LogP contribution in [0.15, 0.2) is 12.1 Å². The topological polar surface area (TPSA) is 42.8 Å². The summed E-state index contributed by atoms with van der Waals surface area (Å²) in [6.45, 7) is 5.42. The second-order valence-corrected chi connectivity index (χ2v) is 5.58. The molecule has 2 rings (SSSR count). The first kappa shape index (κ1) is 14.1. The average Bonchev–Trinajstić information content (AvgIpc) is 2.69. The van der Waals surface area contributed by atoms with Crippen LogP contribution in [0.1, 0.15) is 33.1 Å². The molecular weight excluding hydrogens is 258 g/mol. The average molecular weight is 279 g/mol. The fraction of sp³-hybridized carbons (Fsp3) is 0.571. The predicted octanol–water partition coefficient (Wildman–Crippen LogP) is 3.93. The van der Waals surface area contributed by atoms with Crippen molar-refractivity contribution in [1.82, 2.24) is 14.5 Å². The van der Waals surface area contributed by atoms with E-state index in [1.807, 2.05) is 12.1 Å². The molecule has 0 saturated heterocycles. The molecule has 0 aliphatic heterocycles. The lowest BCUT2D eigenvalue weighted by atomic mass is 10.1. The highest BCUT2D eigenvalue weighted by molar-refractivity contribution is 7.71. The Labute approximate surface area is 118 Å². The molecule has 0 saturated carbocycles. The molecule has 1 N–H and O–H groups in total. The number of nitrogens with zero attached hydrogens (tertiary/aromatic N) is 2. The van der Waals surface area contributed by atoms with Crippen molar-refractivity contribution in [2.24, 2.45) is 5.92 Å². The number of nitrogens with one attached hydrogen (secondary N) is 1. The number of H-pyrrole nitrogens is 1. The van der Waals surface area contributed by atoms with E-state index < -0.39 is 0 Å². The number of aryl methyl sites for hydroxylation is 1. The number of hydrogen-bond donors (Lipinski definition) is 1. The molecule has 2 heterocycles. The smallest absolute Gasteiger partial charge is 0.215 e. The van der Waals surface area contributed by atoms with Crippen molar-refractivity contribution in [1.29, 1.82) is 0 Å². The fourth-order valence-electron chi connectivity index (χ4n) is 2.16. The van der Waals surface area contributed by atoms with Gasteiger partial charge in [-0.15, -0.1) is 0 Å². The van der Waals surface area contributed by atoms with Crippen molar-refractivity contribution in [3.8, 4) is 5.88 Å². The highest BCUT2D eigenvalue weighted by atomic mass is 32.1. The van der Waals surface area contributed by atoms with Crippen LogP contribution in [0, 0.1) is 10.7 Å². The van der Waals surface area contributed by atoms with Gasteiger partial charge in [0.1, 0.15) is 0 Å². The lowest BCUT2D eigenvalue weighted by Crippen LogP contribution is -2.00. The number of ether oxygens (including phenoxy) is 1. The maximum Gasteiger partial charge on any atom is 0.215 e. The van der Waals surface area contributed by atoms with Crippen molar-refractivity contribution < 1.29 is 4.74 Å². The molecule has 0 aliphatic carbocycles. The first-order chi connectivity index (χ1) is 9.11. The van der Waals surface area contributed by atoms with Gasteiger partial charge in [0.2, 0.25) is 5.88 Å². The third-order valence-corrected chi connectivity index (χ3v) is 3.54. The van der Waals surface area contributed by atoms with E-state index in [1.54, 1.807) is 7.11 Å². The minimum absolute atomic E-state index is 0.623. The summed E-state index contributed by atoms with van der Waals surface area (Å²) >= 11 is 5.36. The van der Waals surface area contributed by atoms with E-state index in [0.717, 1.165) is 34.8 Å². The van der Waals surface area contributed by atoms with Gasteiger partial charge in [0, 0.05) is 12.6 Å². The SMILES string of the molecule is COc1ccc2[nH]c(=S)n(CCCCC(C)C)c2n1. The van der Waals surface area contributed by atoms with Crippen LogP contribution >= 0.6 is 12.2 Å². The van der Waals surface area contributed by atoms with Crippen molar-refractivity contribution in [2.45, 2.75) is 39.7 Å². The molecular formula is C14H21N3OS. The van der Waals surface area contributed by atoms with Crippen molar-refractivity contribution in [2.75, 3.05) is 7.11 Å². The Bertz CT molecular complexity index is 600. The van der Waals surface area contributed by atoms with E-state index in [4.69, 9.17) is 17.0 Å². The van der Waals surface area contributed by atoms with Crippen LogP contribution in [0.3, 0.4) is 0 Å². The zero-order valence-electron chi connectivity index (χ0n) is 11.8. The van der Waals surface area contributed by atoms with E-state index in [0.29, 0.717) is 5.88 Å². The maximum absolute atomic E-state index is 5.36. The molecule has 0 atom stereocenters. The Morgan fingerprint density at radius 1 is 1.37 bits per heavy atom. The van der Waals surface area contributed by atoms with Crippen LogP contribution in [-0.4, -0.2) is 21.6 Å². The first-order valence-corrected chi connectivity index (χ1v) is 7.16. The summed E-state index contributed by atoms with van der Waals surface area (Å²) in [7, 11) is 1.63. The molecule has 2 aromatic rings. The molecule has 0 unspecified atom stereocenters. The predicted molar refractivity (Wildman–Crippen MR) is 80.2 cm³/mol. The van der Waals surface area contributed by atoms with Gasteiger partial charge in [0.15, 0.2) is 10.4 Å². The summed E-state index contributed by atoms with van der Waals surface area (Å²) in [5, 5.41) is 0. The fourth-order valence-corrected chi connectivity index (χ4v) is 2.44. The number of hydrogen-bond acceptors (Lipinski definition) is 3. The number of fused-ring (bicyclic) bond motifs is 1. The van der Waals surface area contributed by atoms with E-state index >= 15 is 0 Å². The molecule has 19 heavy (non-hydrogen) atoms. The summed E-state index contributed by atoms with van der Waals surface area (Å²) < 4.78 is 7.97. The quantitative estimate of drug-likeness (QED) is 0.643. The van der Waals surface area contributed by atoms with Gasteiger partial charge < -0.3 is 14.3 Å². The van der Waals surface area contributed by atoms with Gasteiger partial charge in [-0.05, 0) is 30.6 Å². The van der Waals surface area contributed by atoms with Gasteiger partial charge in [-0.1, -0.05) is 26.7 Å². The summed E-state index contributed by atoms with van der Waals surface area (Å²) in [5.74, 6) is 1.38. The van der Waals surface area contributed by atoms with Gasteiger partial charge in [0.25, 0.3) is 0 Å². The van der Waals surface area contributed by atoms with Crippen LogP contribution in [-0.2, 0) is 6.54 Å². The Morgan fingerprint density at radius 3 is 2.84 bits per heavy atom. The molecule has 0 amide bonds. The highest BCUT2D eigenvalue weighted by Crippen LogP contribution is 2.17. The number of methoxy groups -OCH3 is 1. The Hall–Kier alpha value is -1.36. The second-order valence-electron chi connectivity index (χ2n) is 5.20. The van der Waals surface area contributed by atoms with Gasteiger partial charge in [0.05, 0.1) is 12.6 Å². The number of unbranched alkanes of at least 4 members (excludes halogenated alkanes) is 1. The molecule has 0 bridgehead atoms. The Balaban J connectivity index is 2.17. The van der Waals surface area contributed by atoms with Crippen LogP contribution in [0.25, 0.3) is 11.2 Å². The number of aromatic nitrogens is 3. The molecule has 4 nitrogen and oxygen atoms in total. The summed E-state index contributed by atoms with van der Waals surface area (Å²) in [4.78, 5) is 7.66. The summed E-state index contributed by atoms with van der Waals surface area (Å²) in [5.41, 5.74) is 1.85. The van der Waals surface area contributed by atoms with E-state index in [-0.39, 0.29) is 0 Å². The standard InChI is InChI=1S/C14H21N3OS/c1-10(2)6-4-5-9-17-13-11(15-14(17)19)7-8-12(16-13)18-3/h7-8,10H,4-6,9H2,1-3H3,(H,15,19). The Kier molecular flexibility index (Phi) is 4.58. The zero-order valence-corrected chi connectivity index (χ0v) is 12.6. The summed E-state index contributed by atoms with van der Waals surface area (Å²) in [6.07, 6.45) is 3.60. The minimum atomic E-state index is 0.623. The molecule has 0 aromatic carbocycles. The van der Waals surface area contributed by atoms with Gasteiger partial charge in [-0.2, -0.15) is 4.98 Å². The van der Waals surface area contributed by atoms with E-state index in [9.17, 15) is 0 Å². The first-order valence-electron chi connectivity index (χ1n) is 6.75. The maximum atomic E-state index is 5.36. The van der Waals surface area contributed by atoms with Crippen molar-refractivity contribution in [3.63, 3.8) is 0 Å². The molecule has 0 spiro atoms. The van der Waals surface area contributed by atoms with Crippen LogP contribution in [0.4, 0.5) is 0 Å². The zero-order chi connectivity index (χ0) is 13.8. The molecule has 0 fully saturated rings. The largest absolute Gasteiger partial charge is 0.481 e. The van der Waals surface area contributed by atoms with Crippen molar-refractivity contribution >= 4 is 23.4 Å². The second kappa shape index (κ2) is 6.19. The number of pyridine rings is 1. The third-order valence-electron chi connectivity index (χ3n) is 3.21. The van der Waals surface area contributed by atoms with E-state index in [1.165, 1.54) is 12.8 Å². The lowest BCUT2D eigenvalue weighted by molar-refractivity contribution is 0.398. The number of imidazole rings is 1. The molecule has 104 valence electrons. The van der Waals surface area contributed by atoms with Crippen molar-refractivity contribution in [3.05, 3.63) is 16.9 Å². The van der Waals surface area contributed by atoms with E-state index in [2.05, 4.69) is 28.4 Å². The molecule has 0 aliphatic rings. The number of rotatable bonds is 6. The summed E-state index contributed by atoms with van der Waals surface area (Å²) in [6, 6.07) is 3.80. The van der Waals surface area contributed by atoms with Gasteiger partial charge in [-0.3, -0.25) is 0 Å². The van der Waals surface area contributed by atoms with Gasteiger partial charge in [-0.25, -0.2) is 0 Å². The monoisotopic (exact) mass is 279 g/mol.